The molecule has 0 aliphatic carbocycles. The Morgan fingerprint density at radius 3 is 2.75 bits per heavy atom. The van der Waals surface area contributed by atoms with E-state index < -0.39 is 11.9 Å². The fourth-order valence-corrected chi connectivity index (χ4v) is 1.33. The first kappa shape index (κ1) is 7.27. The summed E-state index contributed by atoms with van der Waals surface area (Å²) in [5.41, 5.74) is 6.68. The molecule has 0 spiro atoms. The second-order valence-corrected chi connectivity index (χ2v) is 2.69. The molecule has 3 N–H and O–H groups in total. The molecule has 0 aromatic heterocycles. The first-order valence-electron chi connectivity index (χ1n) is 3.59. The van der Waals surface area contributed by atoms with Crippen molar-refractivity contribution in [2.75, 3.05) is 5.06 Å². The molecule has 1 aromatic rings. The first-order chi connectivity index (χ1) is 5.72. The zero-order valence-corrected chi connectivity index (χ0v) is 6.27. The Hall–Kier alpha value is -1.39. The van der Waals surface area contributed by atoms with E-state index in [2.05, 4.69) is 0 Å². The number of benzene rings is 1. The van der Waals surface area contributed by atoms with E-state index >= 15 is 0 Å². The van der Waals surface area contributed by atoms with Crippen LogP contribution in [-0.2, 0) is 4.79 Å². The van der Waals surface area contributed by atoms with E-state index in [4.69, 9.17) is 5.73 Å². The Morgan fingerprint density at radius 2 is 2.08 bits per heavy atom. The third-order valence-corrected chi connectivity index (χ3v) is 1.97. The minimum Gasteiger partial charge on any atom is -0.316 e. The van der Waals surface area contributed by atoms with Crippen LogP contribution in [0.25, 0.3) is 0 Å². The van der Waals surface area contributed by atoms with Crippen LogP contribution in [-0.4, -0.2) is 11.1 Å². The van der Waals surface area contributed by atoms with E-state index in [0.717, 1.165) is 0 Å². The molecule has 1 unspecified atom stereocenters. The highest BCUT2D eigenvalue weighted by Crippen LogP contribution is 2.32. The van der Waals surface area contributed by atoms with Crippen molar-refractivity contribution in [1.29, 1.82) is 0 Å². The van der Waals surface area contributed by atoms with Crippen molar-refractivity contribution < 1.29 is 10.0 Å². The molecule has 0 bridgehead atoms. The lowest BCUT2D eigenvalue weighted by Crippen LogP contribution is -2.28. The number of carbonyl (C=O) groups is 1. The van der Waals surface area contributed by atoms with Crippen molar-refractivity contribution in [3.8, 4) is 0 Å². The van der Waals surface area contributed by atoms with Crippen LogP contribution >= 0.6 is 0 Å². The van der Waals surface area contributed by atoms with Gasteiger partial charge in [-0.25, -0.2) is 0 Å². The van der Waals surface area contributed by atoms with E-state index in [1.54, 1.807) is 24.3 Å². The molecule has 0 fully saturated rings. The molecule has 1 heterocycles. The molecule has 4 nitrogen and oxygen atoms in total. The predicted octanol–water partition coefficient (Wildman–Crippen LogP) is 0.422. The van der Waals surface area contributed by atoms with Gasteiger partial charge in [0.15, 0.2) is 0 Å². The summed E-state index contributed by atoms with van der Waals surface area (Å²) < 4.78 is 0. The number of hydrogen-bond donors (Lipinski definition) is 2. The summed E-state index contributed by atoms with van der Waals surface area (Å²) >= 11 is 0. The molecule has 4 heteroatoms. The highest BCUT2D eigenvalue weighted by molar-refractivity contribution is 6.02. The summed E-state index contributed by atoms with van der Waals surface area (Å²) in [6.07, 6.45) is 0. The van der Waals surface area contributed by atoms with Gasteiger partial charge in [0.25, 0.3) is 5.91 Å². The van der Waals surface area contributed by atoms with Crippen molar-refractivity contribution in [1.82, 2.24) is 0 Å². The molecular formula is C8H8N2O2. The fourth-order valence-electron chi connectivity index (χ4n) is 1.33. The largest absolute Gasteiger partial charge is 0.316 e. The minimum absolute atomic E-state index is 0.476. The van der Waals surface area contributed by atoms with Crippen molar-refractivity contribution in [2.45, 2.75) is 6.04 Å². The average Bonchev–Trinajstić information content (AvgIpc) is 2.33. The second-order valence-electron chi connectivity index (χ2n) is 2.69. The number of hydrogen-bond acceptors (Lipinski definition) is 3. The van der Waals surface area contributed by atoms with E-state index in [-0.39, 0.29) is 0 Å². The van der Waals surface area contributed by atoms with Gasteiger partial charge in [-0.1, -0.05) is 18.2 Å². The SMILES string of the molecule is NC1C(=O)N(O)c2ccccc21. The van der Waals surface area contributed by atoms with Gasteiger partial charge in [-0.2, -0.15) is 5.06 Å². The third kappa shape index (κ3) is 0.760. The summed E-state index contributed by atoms with van der Waals surface area (Å²) in [6.45, 7) is 0. The molecule has 1 atom stereocenters. The lowest BCUT2D eigenvalue weighted by atomic mass is 10.1. The topological polar surface area (TPSA) is 66.6 Å². The van der Waals surface area contributed by atoms with Crippen LogP contribution in [0.4, 0.5) is 5.69 Å². The number of amides is 1. The molecule has 12 heavy (non-hydrogen) atoms. The number of nitrogens with zero attached hydrogens (tertiary/aromatic N) is 1. The zero-order chi connectivity index (χ0) is 8.72. The summed E-state index contributed by atoms with van der Waals surface area (Å²) in [7, 11) is 0. The third-order valence-electron chi connectivity index (χ3n) is 1.97. The van der Waals surface area contributed by atoms with Gasteiger partial charge in [0.2, 0.25) is 0 Å². The van der Waals surface area contributed by atoms with Crippen LogP contribution in [0, 0.1) is 0 Å². The molecule has 1 aliphatic rings. The summed E-state index contributed by atoms with van der Waals surface area (Å²) in [4.78, 5) is 11.1. The Balaban J connectivity index is 2.59. The monoisotopic (exact) mass is 164 g/mol. The standard InChI is InChI=1S/C8H8N2O2/c9-7-5-3-1-2-4-6(5)10(12)8(7)11/h1-4,7,12H,9H2. The van der Waals surface area contributed by atoms with Crippen LogP contribution < -0.4 is 10.8 Å². The van der Waals surface area contributed by atoms with Crippen molar-refractivity contribution in [3.63, 3.8) is 0 Å². The van der Waals surface area contributed by atoms with Crippen LogP contribution in [0.15, 0.2) is 24.3 Å². The molecule has 1 aliphatic heterocycles. The van der Waals surface area contributed by atoms with E-state index in [9.17, 15) is 10.0 Å². The van der Waals surface area contributed by atoms with Gasteiger partial charge in [0.1, 0.15) is 6.04 Å². The maximum atomic E-state index is 11.1. The van der Waals surface area contributed by atoms with E-state index in [1.165, 1.54) is 0 Å². The average molecular weight is 164 g/mol. The van der Waals surface area contributed by atoms with Gasteiger partial charge < -0.3 is 5.73 Å². The summed E-state index contributed by atoms with van der Waals surface area (Å²) in [6, 6.07) is 6.19. The zero-order valence-electron chi connectivity index (χ0n) is 6.27. The van der Waals surface area contributed by atoms with Gasteiger partial charge in [-0.3, -0.25) is 10.0 Å². The molecule has 2 rings (SSSR count). The minimum atomic E-state index is -0.716. The van der Waals surface area contributed by atoms with Crippen LogP contribution in [0.5, 0.6) is 0 Å². The van der Waals surface area contributed by atoms with Crippen LogP contribution in [0.2, 0.25) is 0 Å². The molecule has 1 amide bonds. The van der Waals surface area contributed by atoms with E-state index in [0.29, 0.717) is 16.3 Å². The number of anilines is 1. The molecule has 0 saturated carbocycles. The number of carbonyl (C=O) groups excluding carboxylic acids is 1. The maximum absolute atomic E-state index is 11.1. The number of nitrogens with two attached hydrogens (primary N) is 1. The Kier molecular flexibility index (Phi) is 1.39. The van der Waals surface area contributed by atoms with Crippen LogP contribution in [0.3, 0.4) is 0 Å². The molecule has 0 saturated heterocycles. The van der Waals surface area contributed by atoms with Crippen LogP contribution in [0.1, 0.15) is 11.6 Å². The number of para-hydroxylation sites is 1. The van der Waals surface area contributed by atoms with Gasteiger partial charge in [0, 0.05) is 5.56 Å². The second kappa shape index (κ2) is 2.30. The molecular weight excluding hydrogens is 156 g/mol. The van der Waals surface area contributed by atoms with Gasteiger partial charge in [-0.15, -0.1) is 0 Å². The predicted molar refractivity (Wildman–Crippen MR) is 42.6 cm³/mol. The van der Waals surface area contributed by atoms with E-state index in [1.807, 2.05) is 0 Å². The summed E-state index contributed by atoms with van der Waals surface area (Å²) in [5.74, 6) is -0.476. The van der Waals surface area contributed by atoms with Gasteiger partial charge >= 0.3 is 0 Å². The Bertz CT molecular complexity index is 307. The number of rotatable bonds is 0. The molecule has 0 radical (unpaired) electrons. The number of fused-ring (bicyclic) bond motifs is 1. The summed E-state index contributed by atoms with van der Waals surface area (Å²) in [5, 5.41) is 9.82. The molecule has 1 aromatic carbocycles. The highest BCUT2D eigenvalue weighted by atomic mass is 16.5. The lowest BCUT2D eigenvalue weighted by molar-refractivity contribution is -0.123. The van der Waals surface area contributed by atoms with Crippen molar-refractivity contribution >= 4 is 11.6 Å². The Labute approximate surface area is 69.2 Å². The quantitative estimate of drug-likeness (QED) is 0.546. The fraction of sp³-hybridized carbons (Fsp3) is 0.125. The van der Waals surface area contributed by atoms with Gasteiger partial charge in [0.05, 0.1) is 5.69 Å². The molecule has 62 valence electrons. The number of hydroxylamine groups is 1. The lowest BCUT2D eigenvalue weighted by Gasteiger charge is -2.05. The van der Waals surface area contributed by atoms with Gasteiger partial charge in [-0.05, 0) is 6.07 Å². The highest BCUT2D eigenvalue weighted by Gasteiger charge is 2.33. The van der Waals surface area contributed by atoms with Crippen molar-refractivity contribution in [2.24, 2.45) is 5.73 Å². The maximum Gasteiger partial charge on any atom is 0.272 e. The Morgan fingerprint density at radius 1 is 1.42 bits per heavy atom. The first-order valence-corrected chi connectivity index (χ1v) is 3.59. The van der Waals surface area contributed by atoms with Crippen molar-refractivity contribution in [3.05, 3.63) is 29.8 Å². The smallest absolute Gasteiger partial charge is 0.272 e. The normalized spacial score (nSPS) is 21.3.